The maximum absolute atomic E-state index is 12.1. The van der Waals surface area contributed by atoms with Gasteiger partial charge in [0.15, 0.2) is 0 Å². The lowest BCUT2D eigenvalue weighted by Gasteiger charge is -2.11. The first-order valence-corrected chi connectivity index (χ1v) is 8.59. The Morgan fingerprint density at radius 2 is 2.18 bits per heavy atom. The molecule has 22 heavy (non-hydrogen) atoms. The van der Waals surface area contributed by atoms with E-state index in [2.05, 4.69) is 15.2 Å². The normalized spacial score (nSPS) is 15.1. The first-order valence-electron chi connectivity index (χ1n) is 7.71. The molecule has 0 spiro atoms. The Hall–Kier alpha value is -1.72. The van der Waals surface area contributed by atoms with E-state index in [9.17, 15) is 4.79 Å². The molecule has 0 bridgehead atoms. The van der Waals surface area contributed by atoms with Crippen molar-refractivity contribution in [2.24, 2.45) is 0 Å². The van der Waals surface area contributed by atoms with E-state index in [1.165, 1.54) is 25.9 Å². The molecule has 3 rings (SSSR count). The first kappa shape index (κ1) is 15.2. The fourth-order valence-corrected chi connectivity index (χ4v) is 3.56. The van der Waals surface area contributed by atoms with Crippen molar-refractivity contribution >= 4 is 22.9 Å². The third kappa shape index (κ3) is 4.15. The summed E-state index contributed by atoms with van der Waals surface area (Å²) in [7, 11) is 0. The molecular weight excluding hydrogens is 294 g/mol. The van der Waals surface area contributed by atoms with Crippen LogP contribution >= 0.6 is 11.3 Å². The number of amides is 1. The highest BCUT2D eigenvalue weighted by molar-refractivity contribution is 7.09. The summed E-state index contributed by atoms with van der Waals surface area (Å²) < 4.78 is 0. The standard InChI is InChI=1S/C17H21N3OS/c1-13-5-4-6-14(9-13)18-16(21)10-15-12-22-17(19-15)11-20-7-2-3-8-20/h4-6,9,12H,2-3,7-8,10-11H2,1H3,(H,18,21). The monoisotopic (exact) mass is 315 g/mol. The number of anilines is 1. The molecule has 0 atom stereocenters. The Morgan fingerprint density at radius 3 is 2.95 bits per heavy atom. The van der Waals surface area contributed by atoms with Crippen LogP contribution in [0.1, 0.15) is 29.1 Å². The van der Waals surface area contributed by atoms with Gasteiger partial charge in [0.25, 0.3) is 0 Å². The second kappa shape index (κ2) is 7.03. The van der Waals surface area contributed by atoms with E-state index in [-0.39, 0.29) is 5.91 Å². The summed E-state index contributed by atoms with van der Waals surface area (Å²) in [4.78, 5) is 19.1. The van der Waals surface area contributed by atoms with Gasteiger partial charge in [-0.15, -0.1) is 11.3 Å². The van der Waals surface area contributed by atoms with E-state index < -0.39 is 0 Å². The molecule has 1 aliphatic rings. The van der Waals surface area contributed by atoms with Crippen LogP contribution in [0, 0.1) is 6.92 Å². The average molecular weight is 315 g/mol. The topological polar surface area (TPSA) is 45.2 Å². The van der Waals surface area contributed by atoms with Crippen molar-refractivity contribution in [1.82, 2.24) is 9.88 Å². The van der Waals surface area contributed by atoms with Gasteiger partial charge in [-0.1, -0.05) is 12.1 Å². The summed E-state index contributed by atoms with van der Waals surface area (Å²) in [5.41, 5.74) is 2.85. The van der Waals surface area contributed by atoms with Gasteiger partial charge in [0.2, 0.25) is 5.91 Å². The SMILES string of the molecule is Cc1cccc(NC(=O)Cc2csc(CN3CCCC3)n2)c1. The van der Waals surface area contributed by atoms with Crippen LogP contribution in [0.3, 0.4) is 0 Å². The number of nitrogens with zero attached hydrogens (tertiary/aromatic N) is 2. The Labute approximate surface area is 135 Å². The highest BCUT2D eigenvalue weighted by atomic mass is 32.1. The van der Waals surface area contributed by atoms with E-state index in [1.807, 2.05) is 36.6 Å². The van der Waals surface area contributed by atoms with Gasteiger partial charge in [-0.25, -0.2) is 4.98 Å². The Balaban J connectivity index is 1.54. The molecule has 0 radical (unpaired) electrons. The molecule has 0 saturated carbocycles. The van der Waals surface area contributed by atoms with Crippen molar-refractivity contribution in [2.75, 3.05) is 18.4 Å². The smallest absolute Gasteiger partial charge is 0.230 e. The largest absolute Gasteiger partial charge is 0.326 e. The molecular formula is C17H21N3OS. The number of benzene rings is 1. The third-order valence-corrected chi connectivity index (χ3v) is 4.68. The lowest BCUT2D eigenvalue weighted by Crippen LogP contribution is -2.18. The molecule has 5 heteroatoms. The summed E-state index contributed by atoms with van der Waals surface area (Å²) in [6.07, 6.45) is 2.92. The van der Waals surface area contributed by atoms with Gasteiger partial charge < -0.3 is 5.32 Å². The number of nitrogens with one attached hydrogen (secondary N) is 1. The van der Waals surface area contributed by atoms with Crippen LogP contribution in [0.25, 0.3) is 0 Å². The zero-order valence-corrected chi connectivity index (χ0v) is 13.7. The van der Waals surface area contributed by atoms with Crippen molar-refractivity contribution in [3.63, 3.8) is 0 Å². The highest BCUT2D eigenvalue weighted by Crippen LogP contribution is 2.17. The number of aryl methyl sites for hydroxylation is 1. The number of hydrogen-bond acceptors (Lipinski definition) is 4. The van der Waals surface area contributed by atoms with Gasteiger partial charge >= 0.3 is 0 Å². The first-order chi connectivity index (χ1) is 10.7. The number of carbonyl (C=O) groups is 1. The second-order valence-corrected chi connectivity index (χ2v) is 6.75. The average Bonchev–Trinajstić information content (AvgIpc) is 3.11. The number of carbonyl (C=O) groups excluding carboxylic acids is 1. The lowest BCUT2D eigenvalue weighted by atomic mass is 10.2. The predicted octanol–water partition coefficient (Wildman–Crippen LogP) is 3.23. The van der Waals surface area contributed by atoms with E-state index in [0.29, 0.717) is 6.42 Å². The molecule has 116 valence electrons. The van der Waals surface area contributed by atoms with Crippen LogP contribution < -0.4 is 5.32 Å². The van der Waals surface area contributed by atoms with Crippen molar-refractivity contribution in [2.45, 2.75) is 32.7 Å². The third-order valence-electron chi connectivity index (χ3n) is 3.80. The Morgan fingerprint density at radius 1 is 1.36 bits per heavy atom. The number of hydrogen-bond donors (Lipinski definition) is 1. The summed E-state index contributed by atoms with van der Waals surface area (Å²) in [6.45, 7) is 5.27. The summed E-state index contributed by atoms with van der Waals surface area (Å²) >= 11 is 1.65. The van der Waals surface area contributed by atoms with Gasteiger partial charge in [-0.3, -0.25) is 9.69 Å². The van der Waals surface area contributed by atoms with Gasteiger partial charge in [0.1, 0.15) is 5.01 Å². The van der Waals surface area contributed by atoms with Crippen LogP contribution in [0.15, 0.2) is 29.6 Å². The van der Waals surface area contributed by atoms with E-state index in [4.69, 9.17) is 0 Å². The molecule has 1 amide bonds. The predicted molar refractivity (Wildman–Crippen MR) is 90.1 cm³/mol. The minimum atomic E-state index is -0.0105. The molecule has 0 unspecified atom stereocenters. The fourth-order valence-electron chi connectivity index (χ4n) is 2.73. The number of thiazole rings is 1. The van der Waals surface area contributed by atoms with Gasteiger partial charge in [0, 0.05) is 11.1 Å². The molecule has 0 aliphatic carbocycles. The van der Waals surface area contributed by atoms with Gasteiger partial charge in [0.05, 0.1) is 18.7 Å². The maximum Gasteiger partial charge on any atom is 0.230 e. The van der Waals surface area contributed by atoms with Crippen molar-refractivity contribution in [3.05, 3.63) is 45.9 Å². The van der Waals surface area contributed by atoms with Crippen molar-refractivity contribution in [3.8, 4) is 0 Å². The fraction of sp³-hybridized carbons (Fsp3) is 0.412. The van der Waals surface area contributed by atoms with Crippen molar-refractivity contribution in [1.29, 1.82) is 0 Å². The zero-order valence-electron chi connectivity index (χ0n) is 12.8. The maximum atomic E-state index is 12.1. The molecule has 1 N–H and O–H groups in total. The number of likely N-dealkylation sites (tertiary alicyclic amines) is 1. The second-order valence-electron chi connectivity index (χ2n) is 5.81. The molecule has 1 aromatic heterocycles. The minimum Gasteiger partial charge on any atom is -0.326 e. The van der Waals surface area contributed by atoms with Crippen LogP contribution in [0.2, 0.25) is 0 Å². The van der Waals surface area contributed by atoms with Crippen LogP contribution in [-0.2, 0) is 17.8 Å². The van der Waals surface area contributed by atoms with Gasteiger partial charge in [-0.2, -0.15) is 0 Å². The molecule has 1 saturated heterocycles. The van der Waals surface area contributed by atoms with E-state index >= 15 is 0 Å². The summed E-state index contributed by atoms with van der Waals surface area (Å²) in [5, 5.41) is 6.04. The molecule has 1 aromatic carbocycles. The molecule has 1 aliphatic heterocycles. The minimum absolute atomic E-state index is 0.0105. The van der Waals surface area contributed by atoms with Gasteiger partial charge in [-0.05, 0) is 50.6 Å². The van der Waals surface area contributed by atoms with E-state index in [1.54, 1.807) is 11.3 Å². The lowest BCUT2D eigenvalue weighted by molar-refractivity contribution is -0.115. The number of aromatic nitrogens is 1. The summed E-state index contributed by atoms with van der Waals surface area (Å²) in [5.74, 6) is -0.0105. The quantitative estimate of drug-likeness (QED) is 0.921. The molecule has 2 heterocycles. The Bertz CT molecular complexity index is 647. The Kier molecular flexibility index (Phi) is 4.85. The number of rotatable bonds is 5. The van der Waals surface area contributed by atoms with Crippen LogP contribution in [0.4, 0.5) is 5.69 Å². The highest BCUT2D eigenvalue weighted by Gasteiger charge is 2.14. The van der Waals surface area contributed by atoms with Crippen molar-refractivity contribution < 1.29 is 4.79 Å². The molecule has 4 nitrogen and oxygen atoms in total. The molecule has 2 aromatic rings. The molecule has 1 fully saturated rings. The van der Waals surface area contributed by atoms with Crippen LogP contribution in [0.5, 0.6) is 0 Å². The van der Waals surface area contributed by atoms with Crippen LogP contribution in [-0.4, -0.2) is 28.9 Å². The van der Waals surface area contributed by atoms with E-state index in [0.717, 1.165) is 28.5 Å². The zero-order chi connectivity index (χ0) is 15.4. The summed E-state index contributed by atoms with van der Waals surface area (Å²) in [6, 6.07) is 7.84.